The molecule has 0 aliphatic carbocycles. The van der Waals surface area contributed by atoms with Crippen molar-refractivity contribution < 1.29 is 22.7 Å². The summed E-state index contributed by atoms with van der Waals surface area (Å²) in [6.07, 6.45) is 1.11. The van der Waals surface area contributed by atoms with E-state index in [0.29, 0.717) is 17.1 Å². The number of pyridine rings is 1. The summed E-state index contributed by atoms with van der Waals surface area (Å²) < 4.78 is 32.9. The molecular weight excluding hydrogens is 320 g/mol. The highest BCUT2D eigenvalue weighted by Crippen LogP contribution is 2.25. The van der Waals surface area contributed by atoms with Gasteiger partial charge in [0.25, 0.3) is 5.91 Å². The molecule has 0 atom stereocenters. The predicted molar refractivity (Wildman–Crippen MR) is 84.8 cm³/mol. The first-order valence-electron chi connectivity index (χ1n) is 6.55. The molecule has 0 aliphatic rings. The monoisotopic (exact) mass is 336 g/mol. The summed E-state index contributed by atoms with van der Waals surface area (Å²) in [6, 6.07) is 8.84. The van der Waals surface area contributed by atoms with Gasteiger partial charge in [0.1, 0.15) is 5.69 Å². The summed E-state index contributed by atoms with van der Waals surface area (Å²) in [6.45, 7) is 0. The Hall–Kier alpha value is -2.61. The van der Waals surface area contributed by atoms with Crippen molar-refractivity contribution in [2.45, 2.75) is 4.90 Å². The van der Waals surface area contributed by atoms with Gasteiger partial charge in [-0.05, 0) is 30.3 Å². The number of benzene rings is 1. The molecule has 0 radical (unpaired) electrons. The molecule has 122 valence electrons. The molecule has 1 aromatic carbocycles. The Labute approximate surface area is 134 Å². The highest BCUT2D eigenvalue weighted by Gasteiger charge is 2.13. The Morgan fingerprint density at radius 2 is 1.70 bits per heavy atom. The van der Waals surface area contributed by atoms with Crippen LogP contribution in [0.1, 0.15) is 10.4 Å². The fourth-order valence-electron chi connectivity index (χ4n) is 1.84. The second kappa shape index (κ2) is 6.66. The smallest absolute Gasteiger partial charge is 0.255 e. The normalized spacial score (nSPS) is 10.9. The third-order valence-corrected chi connectivity index (χ3v) is 4.16. The van der Waals surface area contributed by atoms with Crippen LogP contribution in [0.5, 0.6) is 11.8 Å². The Morgan fingerprint density at radius 3 is 2.22 bits per heavy atom. The van der Waals surface area contributed by atoms with E-state index in [-0.39, 0.29) is 10.8 Å². The number of nitrogens with zero attached hydrogens (tertiary/aromatic N) is 1. The Balaban J connectivity index is 2.22. The van der Waals surface area contributed by atoms with Crippen LogP contribution in [-0.2, 0) is 9.84 Å². The fraction of sp³-hybridized carbons (Fsp3) is 0.200. The van der Waals surface area contributed by atoms with E-state index in [1.165, 1.54) is 38.5 Å². The molecule has 0 aliphatic heterocycles. The minimum Gasteiger partial charge on any atom is -0.481 e. The quantitative estimate of drug-likeness (QED) is 0.894. The molecule has 0 saturated carbocycles. The largest absolute Gasteiger partial charge is 0.481 e. The van der Waals surface area contributed by atoms with Gasteiger partial charge in [-0.1, -0.05) is 0 Å². The van der Waals surface area contributed by atoms with Crippen molar-refractivity contribution in [3.63, 3.8) is 0 Å². The van der Waals surface area contributed by atoms with Gasteiger partial charge in [0.05, 0.1) is 19.1 Å². The topological polar surface area (TPSA) is 94.6 Å². The zero-order chi connectivity index (χ0) is 17.0. The SMILES string of the molecule is COc1ccc(NC(=O)c2ccc(S(C)(=O)=O)cc2)c(OC)n1. The minimum absolute atomic E-state index is 0.151. The lowest BCUT2D eigenvalue weighted by molar-refractivity contribution is 0.102. The third kappa shape index (κ3) is 3.98. The van der Waals surface area contributed by atoms with Crippen molar-refractivity contribution in [3.05, 3.63) is 42.0 Å². The minimum atomic E-state index is -3.30. The molecule has 23 heavy (non-hydrogen) atoms. The number of rotatable bonds is 5. The van der Waals surface area contributed by atoms with E-state index in [1.54, 1.807) is 12.1 Å². The maximum Gasteiger partial charge on any atom is 0.255 e. The van der Waals surface area contributed by atoms with E-state index in [0.717, 1.165) is 6.26 Å². The first kappa shape index (κ1) is 16.8. The molecule has 0 spiro atoms. The van der Waals surface area contributed by atoms with Crippen LogP contribution < -0.4 is 14.8 Å². The highest BCUT2D eigenvalue weighted by molar-refractivity contribution is 7.90. The number of nitrogens with one attached hydrogen (secondary N) is 1. The average Bonchev–Trinajstić information content (AvgIpc) is 2.54. The highest BCUT2D eigenvalue weighted by atomic mass is 32.2. The van der Waals surface area contributed by atoms with Gasteiger partial charge in [-0.15, -0.1) is 0 Å². The average molecular weight is 336 g/mol. The molecular formula is C15H16N2O5S. The second-order valence-corrected chi connectivity index (χ2v) is 6.68. The maximum atomic E-state index is 12.2. The van der Waals surface area contributed by atoms with Crippen molar-refractivity contribution in [2.24, 2.45) is 0 Å². The number of amides is 1. The van der Waals surface area contributed by atoms with Crippen LogP contribution in [-0.4, -0.2) is 39.8 Å². The number of hydrogen-bond acceptors (Lipinski definition) is 6. The van der Waals surface area contributed by atoms with Crippen LogP contribution in [0.15, 0.2) is 41.3 Å². The summed E-state index contributed by atoms with van der Waals surface area (Å²) in [5, 5.41) is 2.66. The van der Waals surface area contributed by atoms with Crippen LogP contribution in [0.2, 0.25) is 0 Å². The van der Waals surface area contributed by atoms with Crippen molar-refractivity contribution in [1.82, 2.24) is 4.98 Å². The number of aromatic nitrogens is 1. The zero-order valence-corrected chi connectivity index (χ0v) is 13.7. The van der Waals surface area contributed by atoms with Gasteiger partial charge in [-0.25, -0.2) is 8.42 Å². The summed E-state index contributed by atoms with van der Waals surface area (Å²) in [5.74, 6) is 0.165. The Kier molecular flexibility index (Phi) is 4.85. The molecule has 1 heterocycles. The second-order valence-electron chi connectivity index (χ2n) is 4.66. The summed E-state index contributed by atoms with van der Waals surface area (Å²) in [7, 11) is -0.394. The number of hydrogen-bond donors (Lipinski definition) is 1. The standard InChI is InChI=1S/C15H16N2O5S/c1-21-13-9-8-12(15(17-13)22-2)16-14(18)10-4-6-11(7-5-10)23(3,19)20/h4-9H,1-3H3,(H,16,18). The lowest BCUT2D eigenvalue weighted by atomic mass is 10.2. The van der Waals surface area contributed by atoms with Gasteiger partial charge in [-0.2, -0.15) is 4.98 Å². The van der Waals surface area contributed by atoms with Crippen molar-refractivity contribution in [2.75, 3.05) is 25.8 Å². The molecule has 1 aromatic heterocycles. The molecule has 7 nitrogen and oxygen atoms in total. The first-order chi connectivity index (χ1) is 10.8. The van der Waals surface area contributed by atoms with E-state index in [9.17, 15) is 13.2 Å². The third-order valence-electron chi connectivity index (χ3n) is 3.03. The van der Waals surface area contributed by atoms with E-state index in [2.05, 4.69) is 10.3 Å². The zero-order valence-electron chi connectivity index (χ0n) is 12.9. The first-order valence-corrected chi connectivity index (χ1v) is 8.45. The number of carbonyl (C=O) groups excluding carboxylic acids is 1. The van der Waals surface area contributed by atoms with Crippen molar-refractivity contribution in [3.8, 4) is 11.8 Å². The Bertz CT molecular complexity index is 816. The number of methoxy groups -OCH3 is 2. The van der Waals surface area contributed by atoms with E-state index >= 15 is 0 Å². The van der Waals surface area contributed by atoms with Gasteiger partial charge >= 0.3 is 0 Å². The van der Waals surface area contributed by atoms with Crippen molar-refractivity contribution >= 4 is 21.4 Å². The van der Waals surface area contributed by atoms with E-state index < -0.39 is 15.7 Å². The number of ether oxygens (including phenoxy) is 2. The molecule has 8 heteroatoms. The molecule has 0 bridgehead atoms. The van der Waals surface area contributed by atoms with Gasteiger partial charge in [0.15, 0.2) is 9.84 Å². The molecule has 1 N–H and O–H groups in total. The van der Waals surface area contributed by atoms with Crippen LogP contribution in [0, 0.1) is 0 Å². The summed E-state index contributed by atoms with van der Waals surface area (Å²) >= 11 is 0. The van der Waals surface area contributed by atoms with Crippen molar-refractivity contribution in [1.29, 1.82) is 0 Å². The number of anilines is 1. The predicted octanol–water partition coefficient (Wildman–Crippen LogP) is 1.75. The maximum absolute atomic E-state index is 12.2. The van der Waals surface area contributed by atoms with Gasteiger partial charge in [0, 0.05) is 17.9 Å². The van der Waals surface area contributed by atoms with E-state index in [4.69, 9.17) is 9.47 Å². The van der Waals surface area contributed by atoms with Crippen LogP contribution in [0.4, 0.5) is 5.69 Å². The van der Waals surface area contributed by atoms with Gasteiger partial charge in [-0.3, -0.25) is 4.79 Å². The molecule has 0 fully saturated rings. The van der Waals surface area contributed by atoms with Gasteiger partial charge < -0.3 is 14.8 Å². The molecule has 0 saturated heterocycles. The van der Waals surface area contributed by atoms with Crippen LogP contribution in [0.25, 0.3) is 0 Å². The lowest BCUT2D eigenvalue weighted by Gasteiger charge is -2.10. The number of sulfone groups is 1. The Morgan fingerprint density at radius 1 is 1.04 bits per heavy atom. The van der Waals surface area contributed by atoms with Crippen LogP contribution in [0.3, 0.4) is 0 Å². The molecule has 2 rings (SSSR count). The molecule has 1 amide bonds. The van der Waals surface area contributed by atoms with E-state index in [1.807, 2.05) is 0 Å². The fourth-order valence-corrected chi connectivity index (χ4v) is 2.47. The molecule has 0 unspecified atom stereocenters. The lowest BCUT2D eigenvalue weighted by Crippen LogP contribution is -2.13. The van der Waals surface area contributed by atoms with Crippen LogP contribution >= 0.6 is 0 Å². The summed E-state index contributed by atoms with van der Waals surface area (Å²) in [5.41, 5.74) is 0.695. The summed E-state index contributed by atoms with van der Waals surface area (Å²) in [4.78, 5) is 16.4. The molecule has 2 aromatic rings. The van der Waals surface area contributed by atoms with Gasteiger partial charge in [0.2, 0.25) is 11.8 Å². The number of carbonyl (C=O) groups is 1.